The third kappa shape index (κ3) is 7.18. The van der Waals surface area contributed by atoms with Crippen LogP contribution in [0.25, 0.3) is 11.0 Å². The van der Waals surface area contributed by atoms with E-state index in [9.17, 15) is 9.90 Å². The van der Waals surface area contributed by atoms with Crippen LogP contribution in [0.2, 0.25) is 5.02 Å². The van der Waals surface area contributed by atoms with E-state index in [0.29, 0.717) is 30.4 Å². The SMILES string of the molecule is CCOC(=O)CC(c1ccc(Cl)c(CO)c1)c1ccc2c(nnn2CCCCOCc2ccc(OC)cc2)c1C. The van der Waals surface area contributed by atoms with E-state index in [2.05, 4.69) is 10.3 Å². The maximum absolute atomic E-state index is 12.6. The molecule has 9 heteroatoms. The quantitative estimate of drug-likeness (QED) is 0.148. The van der Waals surface area contributed by atoms with Crippen LogP contribution in [0.1, 0.15) is 59.9 Å². The minimum Gasteiger partial charge on any atom is -0.497 e. The molecule has 1 heterocycles. The summed E-state index contributed by atoms with van der Waals surface area (Å²) in [5.41, 5.74) is 6.28. The van der Waals surface area contributed by atoms with Crippen molar-refractivity contribution in [3.63, 3.8) is 0 Å². The summed E-state index contributed by atoms with van der Waals surface area (Å²) in [6, 6.07) is 17.4. The van der Waals surface area contributed by atoms with Crippen molar-refractivity contribution in [1.29, 1.82) is 0 Å². The van der Waals surface area contributed by atoms with Gasteiger partial charge in [0.05, 0.1) is 38.9 Å². The summed E-state index contributed by atoms with van der Waals surface area (Å²) < 4.78 is 18.2. The number of fused-ring (bicyclic) bond motifs is 1. The Morgan fingerprint density at radius 1 is 1.10 bits per heavy atom. The molecule has 4 aromatic rings. The number of halogens is 1. The van der Waals surface area contributed by atoms with Crippen LogP contribution in [0.5, 0.6) is 5.75 Å². The summed E-state index contributed by atoms with van der Waals surface area (Å²) >= 11 is 6.24. The molecule has 0 aliphatic heterocycles. The maximum Gasteiger partial charge on any atom is 0.306 e. The van der Waals surface area contributed by atoms with Gasteiger partial charge >= 0.3 is 5.97 Å². The van der Waals surface area contributed by atoms with Gasteiger partial charge in [0.25, 0.3) is 0 Å². The van der Waals surface area contributed by atoms with Crippen molar-refractivity contribution in [2.75, 3.05) is 20.3 Å². The summed E-state index contributed by atoms with van der Waals surface area (Å²) in [6.07, 6.45) is 1.97. The number of carbonyl (C=O) groups is 1. The number of hydrogen-bond donors (Lipinski definition) is 1. The molecule has 0 bridgehead atoms. The molecule has 40 heavy (non-hydrogen) atoms. The van der Waals surface area contributed by atoms with Gasteiger partial charge in [-0.25, -0.2) is 4.68 Å². The molecule has 1 atom stereocenters. The number of carbonyl (C=O) groups excluding carboxylic acids is 1. The average molecular weight is 566 g/mol. The number of esters is 1. The number of ether oxygens (including phenoxy) is 3. The topological polar surface area (TPSA) is 95.7 Å². The van der Waals surface area contributed by atoms with Gasteiger partial charge in [-0.2, -0.15) is 0 Å². The third-order valence-corrected chi connectivity index (χ3v) is 7.38. The van der Waals surface area contributed by atoms with Crippen molar-refractivity contribution in [1.82, 2.24) is 15.0 Å². The predicted molar refractivity (Wildman–Crippen MR) is 155 cm³/mol. The molecule has 3 aromatic carbocycles. The summed E-state index contributed by atoms with van der Waals surface area (Å²) in [5.74, 6) is 0.269. The number of methoxy groups -OCH3 is 1. The molecule has 0 radical (unpaired) electrons. The van der Waals surface area contributed by atoms with Crippen LogP contribution in [0.15, 0.2) is 54.6 Å². The fourth-order valence-corrected chi connectivity index (χ4v) is 5.01. The predicted octanol–water partition coefficient (Wildman–Crippen LogP) is 5.98. The number of rotatable bonds is 14. The molecule has 0 fully saturated rings. The molecule has 212 valence electrons. The van der Waals surface area contributed by atoms with Gasteiger partial charge in [0.2, 0.25) is 0 Å². The smallest absolute Gasteiger partial charge is 0.306 e. The highest BCUT2D eigenvalue weighted by Crippen LogP contribution is 2.35. The highest BCUT2D eigenvalue weighted by Gasteiger charge is 2.24. The number of aryl methyl sites for hydroxylation is 2. The Kier molecular flexibility index (Phi) is 10.5. The summed E-state index contributed by atoms with van der Waals surface area (Å²) in [6.45, 7) is 5.88. The van der Waals surface area contributed by atoms with Crippen molar-refractivity contribution in [2.45, 2.75) is 58.8 Å². The van der Waals surface area contributed by atoms with E-state index in [1.54, 1.807) is 20.1 Å². The molecule has 0 saturated carbocycles. The number of hydrogen-bond acceptors (Lipinski definition) is 7. The number of benzene rings is 3. The van der Waals surface area contributed by atoms with Gasteiger partial charge in [-0.05, 0) is 78.8 Å². The maximum atomic E-state index is 12.6. The third-order valence-electron chi connectivity index (χ3n) is 7.01. The summed E-state index contributed by atoms with van der Waals surface area (Å²) in [5, 5.41) is 19.1. The Morgan fingerprint density at radius 2 is 1.90 bits per heavy atom. The zero-order chi connectivity index (χ0) is 28.5. The van der Waals surface area contributed by atoms with Crippen LogP contribution in [-0.2, 0) is 34.0 Å². The highest BCUT2D eigenvalue weighted by atomic mass is 35.5. The molecular weight excluding hydrogens is 530 g/mol. The second kappa shape index (κ2) is 14.3. The monoisotopic (exact) mass is 565 g/mol. The largest absolute Gasteiger partial charge is 0.497 e. The van der Waals surface area contributed by atoms with Crippen molar-refractivity contribution >= 4 is 28.6 Å². The normalized spacial score (nSPS) is 12.0. The first-order chi connectivity index (χ1) is 19.4. The molecule has 0 aliphatic carbocycles. The van der Waals surface area contributed by atoms with Crippen LogP contribution in [0.4, 0.5) is 0 Å². The number of aliphatic hydroxyl groups excluding tert-OH is 1. The lowest BCUT2D eigenvalue weighted by Gasteiger charge is -2.20. The summed E-state index contributed by atoms with van der Waals surface area (Å²) in [4.78, 5) is 12.6. The molecule has 8 nitrogen and oxygen atoms in total. The van der Waals surface area contributed by atoms with Gasteiger partial charge in [0, 0.05) is 24.1 Å². The first kappa shape index (κ1) is 29.5. The molecular formula is C31H36ClN3O5. The van der Waals surface area contributed by atoms with E-state index >= 15 is 0 Å². The van der Waals surface area contributed by atoms with E-state index in [1.807, 2.05) is 60.1 Å². The molecule has 1 aromatic heterocycles. The Balaban J connectivity index is 1.44. The van der Waals surface area contributed by atoms with Crippen molar-refractivity contribution in [3.8, 4) is 5.75 Å². The van der Waals surface area contributed by atoms with Crippen molar-refractivity contribution in [3.05, 3.63) is 87.4 Å². The highest BCUT2D eigenvalue weighted by molar-refractivity contribution is 6.31. The molecule has 0 amide bonds. The molecule has 1 N–H and O–H groups in total. The van der Waals surface area contributed by atoms with E-state index in [0.717, 1.165) is 58.4 Å². The Bertz CT molecular complexity index is 1420. The first-order valence-corrected chi connectivity index (χ1v) is 13.9. The Morgan fingerprint density at radius 3 is 2.62 bits per heavy atom. The van der Waals surface area contributed by atoms with Gasteiger partial charge in [0.15, 0.2) is 0 Å². The Labute approximate surface area is 239 Å². The minimum atomic E-state index is -0.287. The zero-order valence-electron chi connectivity index (χ0n) is 23.2. The van der Waals surface area contributed by atoms with Crippen LogP contribution >= 0.6 is 11.6 Å². The minimum absolute atomic E-state index is 0.164. The second-order valence-corrected chi connectivity index (χ2v) is 10.0. The first-order valence-electron chi connectivity index (χ1n) is 13.5. The second-order valence-electron chi connectivity index (χ2n) is 9.64. The fraction of sp³-hybridized carbons (Fsp3) is 0.387. The van der Waals surface area contributed by atoms with Gasteiger partial charge in [-0.3, -0.25) is 4.79 Å². The Hall–Kier alpha value is -3.46. The molecule has 4 rings (SSSR count). The standard InChI is InChI=1S/C31H36ClN3O5/c1-4-40-30(37)18-27(23-9-13-28(32)24(17-23)19-36)26-12-14-29-31(21(26)2)33-34-35(29)15-5-6-16-39-20-22-7-10-25(38-3)11-8-22/h7-14,17,27,36H,4-6,15-16,18-20H2,1-3H3. The zero-order valence-corrected chi connectivity index (χ0v) is 24.0. The van der Waals surface area contributed by atoms with Crippen molar-refractivity contribution < 1.29 is 24.1 Å². The molecule has 0 spiro atoms. The fourth-order valence-electron chi connectivity index (χ4n) is 4.83. The summed E-state index contributed by atoms with van der Waals surface area (Å²) in [7, 11) is 1.66. The lowest BCUT2D eigenvalue weighted by molar-refractivity contribution is -0.143. The van der Waals surface area contributed by atoms with Gasteiger partial charge in [-0.15, -0.1) is 5.10 Å². The van der Waals surface area contributed by atoms with Crippen molar-refractivity contribution in [2.24, 2.45) is 0 Å². The molecule has 0 saturated heterocycles. The van der Waals surface area contributed by atoms with E-state index in [4.69, 9.17) is 25.8 Å². The number of aliphatic hydroxyl groups is 1. The van der Waals surface area contributed by atoms with E-state index < -0.39 is 0 Å². The number of unbranched alkanes of at least 4 members (excludes halogenated alkanes) is 1. The molecule has 0 aliphatic rings. The average Bonchev–Trinajstić information content (AvgIpc) is 3.38. The lowest BCUT2D eigenvalue weighted by atomic mass is 9.85. The van der Waals surface area contributed by atoms with Crippen LogP contribution < -0.4 is 4.74 Å². The van der Waals surface area contributed by atoms with Gasteiger partial charge in [0.1, 0.15) is 11.3 Å². The lowest BCUT2D eigenvalue weighted by Crippen LogP contribution is -2.13. The van der Waals surface area contributed by atoms with Gasteiger partial charge in [-0.1, -0.05) is 47.1 Å². The van der Waals surface area contributed by atoms with Gasteiger partial charge < -0.3 is 19.3 Å². The van der Waals surface area contributed by atoms with Crippen LogP contribution in [-0.4, -0.2) is 46.4 Å². The number of aromatic nitrogens is 3. The molecule has 1 unspecified atom stereocenters. The van der Waals surface area contributed by atoms with E-state index in [1.165, 1.54) is 0 Å². The van der Waals surface area contributed by atoms with Crippen LogP contribution in [0, 0.1) is 6.92 Å². The van der Waals surface area contributed by atoms with E-state index in [-0.39, 0.29) is 24.9 Å². The van der Waals surface area contributed by atoms with Crippen LogP contribution in [0.3, 0.4) is 0 Å². The number of nitrogens with zero attached hydrogens (tertiary/aromatic N) is 3.